The van der Waals surface area contributed by atoms with E-state index in [4.69, 9.17) is 4.74 Å². The molecule has 0 fully saturated rings. The number of halogens is 1. The van der Waals surface area contributed by atoms with Crippen molar-refractivity contribution in [2.75, 3.05) is 0 Å². The largest absolute Gasteiger partial charge is 0.446 e. The van der Waals surface area contributed by atoms with E-state index in [-0.39, 0.29) is 11.8 Å². The van der Waals surface area contributed by atoms with E-state index in [0.29, 0.717) is 11.5 Å². The topological polar surface area (TPSA) is 63.9 Å². The fourth-order valence-corrected chi connectivity index (χ4v) is 3.39. The number of hydrazone groups is 1. The zero-order valence-electron chi connectivity index (χ0n) is 14.7. The predicted molar refractivity (Wildman–Crippen MR) is 105 cm³/mol. The highest BCUT2D eigenvalue weighted by atomic mass is 79.9. The zero-order valence-corrected chi connectivity index (χ0v) is 16.3. The number of hydrogen-bond donors (Lipinski definition) is 0. The summed E-state index contributed by atoms with van der Waals surface area (Å²) in [4.78, 5) is 24.1. The van der Waals surface area contributed by atoms with Gasteiger partial charge in [0.1, 0.15) is 0 Å². The van der Waals surface area contributed by atoms with Gasteiger partial charge in [-0.2, -0.15) is 5.01 Å². The van der Waals surface area contributed by atoms with Gasteiger partial charge in [-0.25, -0.2) is 0 Å². The molecule has 0 saturated carbocycles. The zero-order chi connectivity index (χ0) is 19.1. The van der Waals surface area contributed by atoms with Crippen LogP contribution < -0.4 is 0 Å². The van der Waals surface area contributed by atoms with Crippen molar-refractivity contribution in [1.82, 2.24) is 9.58 Å². The van der Waals surface area contributed by atoms with Crippen molar-refractivity contribution in [3.8, 4) is 0 Å². The van der Waals surface area contributed by atoms with Crippen molar-refractivity contribution in [3.63, 3.8) is 0 Å². The van der Waals surface area contributed by atoms with Crippen LogP contribution in [-0.2, 0) is 9.53 Å². The lowest BCUT2D eigenvalue weighted by Crippen LogP contribution is -2.25. The normalized spacial score (nSPS) is 16.3. The average molecular weight is 426 g/mol. The van der Waals surface area contributed by atoms with Gasteiger partial charge in [0.2, 0.25) is 23.9 Å². The molecule has 0 spiro atoms. The Morgan fingerprint density at radius 3 is 2.41 bits per heavy atom. The highest BCUT2D eigenvalue weighted by molar-refractivity contribution is 9.10. The molecule has 0 saturated heterocycles. The summed E-state index contributed by atoms with van der Waals surface area (Å²) in [5.41, 5.74) is 2.25. The molecular formula is C20H16BrN3O3. The van der Waals surface area contributed by atoms with Crippen LogP contribution in [0.2, 0.25) is 0 Å². The predicted octanol–water partition coefficient (Wildman–Crippen LogP) is 4.30. The number of para-hydroxylation sites is 1. The molecule has 1 atom stereocenters. The molecular weight excluding hydrogens is 410 g/mol. The number of rotatable bonds is 2. The number of ether oxygens (including phenoxy) is 1. The summed E-state index contributed by atoms with van der Waals surface area (Å²) in [5, 5.41) is 6.56. The lowest BCUT2D eigenvalue weighted by Gasteiger charge is -2.19. The first-order chi connectivity index (χ1) is 13.0. The van der Waals surface area contributed by atoms with Crippen LogP contribution in [-0.4, -0.2) is 27.3 Å². The minimum Gasteiger partial charge on any atom is -0.446 e. The minimum absolute atomic E-state index is 0.107. The molecule has 0 N–H and O–H groups in total. The summed E-state index contributed by atoms with van der Waals surface area (Å²) < 4.78 is 8.56. The Labute approximate surface area is 164 Å². The van der Waals surface area contributed by atoms with Gasteiger partial charge in [-0.15, -0.1) is 5.10 Å². The van der Waals surface area contributed by atoms with Crippen molar-refractivity contribution in [2.24, 2.45) is 5.10 Å². The number of amides is 1. The van der Waals surface area contributed by atoms with Crippen LogP contribution >= 0.6 is 15.9 Å². The molecule has 1 aromatic heterocycles. The van der Waals surface area contributed by atoms with E-state index in [9.17, 15) is 9.59 Å². The molecule has 1 unspecified atom stereocenters. The summed E-state index contributed by atoms with van der Waals surface area (Å²) in [6.45, 7) is 2.94. The molecule has 136 valence electrons. The van der Waals surface area contributed by atoms with E-state index in [0.717, 1.165) is 20.9 Å². The minimum atomic E-state index is -0.648. The number of fused-ring (bicyclic) bond motifs is 1. The number of benzene rings is 2. The number of nitrogens with zero attached hydrogens (tertiary/aromatic N) is 3. The third kappa shape index (κ3) is 3.04. The molecule has 3 aromatic rings. The Kier molecular flexibility index (Phi) is 4.31. The highest BCUT2D eigenvalue weighted by Gasteiger charge is 2.34. The molecule has 0 bridgehead atoms. The van der Waals surface area contributed by atoms with Gasteiger partial charge in [-0.3, -0.25) is 14.2 Å². The van der Waals surface area contributed by atoms with Crippen molar-refractivity contribution < 1.29 is 14.3 Å². The Bertz CT molecular complexity index is 1090. The molecule has 2 heterocycles. The molecule has 7 heteroatoms. The van der Waals surface area contributed by atoms with Gasteiger partial charge in [0.15, 0.2) is 0 Å². The number of carbonyl (C=O) groups is 2. The fraction of sp³-hybridized carbons (Fsp3) is 0.150. The summed E-state index contributed by atoms with van der Waals surface area (Å²) in [6.07, 6.45) is 1.05. The summed E-state index contributed by atoms with van der Waals surface area (Å²) in [7, 11) is 0. The van der Waals surface area contributed by atoms with E-state index in [2.05, 4.69) is 21.0 Å². The van der Waals surface area contributed by atoms with E-state index in [1.165, 1.54) is 18.9 Å². The van der Waals surface area contributed by atoms with Crippen LogP contribution in [0.5, 0.6) is 0 Å². The van der Waals surface area contributed by atoms with Crippen LogP contribution in [0.1, 0.15) is 36.0 Å². The van der Waals surface area contributed by atoms with Crippen LogP contribution in [0.3, 0.4) is 0 Å². The second kappa shape index (κ2) is 6.66. The number of carbonyl (C=O) groups excluding carboxylic acids is 2. The van der Waals surface area contributed by atoms with E-state index < -0.39 is 6.23 Å². The van der Waals surface area contributed by atoms with Gasteiger partial charge in [0, 0.05) is 35.5 Å². The van der Waals surface area contributed by atoms with Crippen molar-refractivity contribution in [1.29, 1.82) is 0 Å². The highest BCUT2D eigenvalue weighted by Crippen LogP contribution is 2.33. The van der Waals surface area contributed by atoms with Crippen LogP contribution in [0.15, 0.2) is 64.3 Å². The Morgan fingerprint density at radius 1 is 1.04 bits per heavy atom. The van der Waals surface area contributed by atoms with E-state index in [1.54, 1.807) is 10.8 Å². The second-order valence-corrected chi connectivity index (χ2v) is 7.16. The van der Waals surface area contributed by atoms with Crippen LogP contribution in [0.4, 0.5) is 0 Å². The molecule has 2 aromatic carbocycles. The van der Waals surface area contributed by atoms with Gasteiger partial charge < -0.3 is 4.74 Å². The van der Waals surface area contributed by atoms with Crippen molar-refractivity contribution >= 4 is 44.5 Å². The monoisotopic (exact) mass is 425 g/mol. The maximum atomic E-state index is 12.1. The second-order valence-electron chi connectivity index (χ2n) is 6.24. The standard InChI is InChI=1S/C20H16BrN3O3/c1-12(25)23-11-17(16-5-3-4-6-18(16)23)19-22-24(13(2)26)20(27-19)14-7-9-15(21)10-8-14/h3-11,20H,1-2H3. The van der Waals surface area contributed by atoms with Gasteiger partial charge in [-0.1, -0.05) is 46.3 Å². The third-order valence-corrected chi connectivity index (χ3v) is 4.93. The maximum absolute atomic E-state index is 12.1. The molecule has 6 nitrogen and oxygen atoms in total. The van der Waals surface area contributed by atoms with E-state index >= 15 is 0 Å². The first-order valence-corrected chi connectivity index (χ1v) is 9.17. The Balaban J connectivity index is 1.80. The smallest absolute Gasteiger partial charge is 0.243 e. The number of hydrogen-bond acceptors (Lipinski definition) is 4. The first-order valence-electron chi connectivity index (χ1n) is 8.37. The van der Waals surface area contributed by atoms with Crippen molar-refractivity contribution in [3.05, 3.63) is 70.3 Å². The maximum Gasteiger partial charge on any atom is 0.243 e. The van der Waals surface area contributed by atoms with Crippen molar-refractivity contribution in [2.45, 2.75) is 20.1 Å². The molecule has 4 rings (SSSR count). The first kappa shape index (κ1) is 17.5. The lowest BCUT2D eigenvalue weighted by molar-refractivity contribution is -0.135. The lowest BCUT2D eigenvalue weighted by atomic mass is 10.1. The van der Waals surface area contributed by atoms with Gasteiger partial charge in [0.25, 0.3) is 0 Å². The van der Waals surface area contributed by atoms with E-state index in [1.807, 2.05) is 48.5 Å². The average Bonchev–Trinajstić information content (AvgIpc) is 3.24. The molecule has 1 aliphatic heterocycles. The molecule has 1 amide bonds. The van der Waals surface area contributed by atoms with Gasteiger partial charge in [0.05, 0.1) is 11.1 Å². The SMILES string of the molecule is CC(=O)N1N=C(c2cn(C(C)=O)c3ccccc23)OC1c1ccc(Br)cc1. The summed E-state index contributed by atoms with van der Waals surface area (Å²) >= 11 is 3.41. The molecule has 27 heavy (non-hydrogen) atoms. The molecule has 1 aliphatic rings. The van der Waals surface area contributed by atoms with Gasteiger partial charge >= 0.3 is 0 Å². The number of aromatic nitrogens is 1. The van der Waals surface area contributed by atoms with Crippen LogP contribution in [0.25, 0.3) is 10.9 Å². The quantitative estimate of drug-likeness (QED) is 0.614. The summed E-state index contributed by atoms with van der Waals surface area (Å²) in [5.74, 6) is -0.0218. The molecule has 0 radical (unpaired) electrons. The Hall–Kier alpha value is -2.93. The third-order valence-electron chi connectivity index (χ3n) is 4.40. The van der Waals surface area contributed by atoms with Crippen LogP contribution in [0, 0.1) is 0 Å². The summed E-state index contributed by atoms with van der Waals surface area (Å²) in [6, 6.07) is 15.1. The Morgan fingerprint density at radius 2 is 1.74 bits per heavy atom. The van der Waals surface area contributed by atoms with Gasteiger partial charge in [-0.05, 0) is 18.2 Å². The molecule has 0 aliphatic carbocycles. The fourth-order valence-electron chi connectivity index (χ4n) is 3.13.